The zero-order valence-electron chi connectivity index (χ0n) is 10.7. The standard InChI is InChI=1S/C11H21NO4P/c1-5-7-16-10(13)6-8-17(15)11(14)9-12(2,3)4/h5,15H,1,6-9H2,2-4H3/q+1. The van der Waals surface area contributed by atoms with Gasteiger partial charge in [-0.1, -0.05) is 12.7 Å². The summed E-state index contributed by atoms with van der Waals surface area (Å²) in [6, 6.07) is 0. The van der Waals surface area contributed by atoms with Gasteiger partial charge in [0.15, 0.2) is 0 Å². The quantitative estimate of drug-likeness (QED) is 0.303. The maximum atomic E-state index is 11.6. The highest BCUT2D eigenvalue weighted by Crippen LogP contribution is 2.32. The highest BCUT2D eigenvalue weighted by atomic mass is 31.1. The number of esters is 1. The van der Waals surface area contributed by atoms with Gasteiger partial charge in [-0.25, -0.2) is 0 Å². The Hall–Kier alpha value is -0.770. The zero-order chi connectivity index (χ0) is 13.5. The third-order valence-corrected chi connectivity index (χ3v) is 3.15. The van der Waals surface area contributed by atoms with E-state index in [0.29, 0.717) is 4.48 Å². The minimum Gasteiger partial charge on any atom is -0.461 e. The molecule has 98 valence electrons. The van der Waals surface area contributed by atoms with Crippen LogP contribution in [-0.2, 0) is 14.3 Å². The van der Waals surface area contributed by atoms with E-state index >= 15 is 0 Å². The third-order valence-electron chi connectivity index (χ3n) is 1.79. The van der Waals surface area contributed by atoms with Crippen molar-refractivity contribution in [3.05, 3.63) is 12.7 Å². The van der Waals surface area contributed by atoms with Gasteiger partial charge in [-0.05, 0) is 0 Å². The van der Waals surface area contributed by atoms with E-state index in [1.165, 1.54) is 6.08 Å². The van der Waals surface area contributed by atoms with Crippen molar-refractivity contribution < 1.29 is 23.7 Å². The molecule has 0 aliphatic carbocycles. The number of likely N-dealkylation sites (N-methyl/N-ethyl adjacent to an activating group) is 1. The lowest BCUT2D eigenvalue weighted by molar-refractivity contribution is -0.861. The van der Waals surface area contributed by atoms with Crippen LogP contribution < -0.4 is 0 Å². The Morgan fingerprint density at radius 3 is 2.47 bits per heavy atom. The van der Waals surface area contributed by atoms with Gasteiger partial charge in [-0.15, -0.1) is 0 Å². The summed E-state index contributed by atoms with van der Waals surface area (Å²) < 4.78 is 5.22. The molecule has 1 atom stereocenters. The molecular formula is C11H21NO4P+. The van der Waals surface area contributed by atoms with Crippen LogP contribution in [0, 0.1) is 0 Å². The molecule has 0 spiro atoms. The van der Waals surface area contributed by atoms with Gasteiger partial charge >= 0.3 is 5.97 Å². The van der Waals surface area contributed by atoms with Crippen molar-refractivity contribution in [3.63, 3.8) is 0 Å². The fraction of sp³-hybridized carbons (Fsp3) is 0.636. The minimum absolute atomic E-state index is 0.0684. The highest BCUT2D eigenvalue weighted by molar-refractivity contribution is 7.69. The zero-order valence-corrected chi connectivity index (χ0v) is 11.6. The normalized spacial score (nSPS) is 12.9. The Labute approximate surface area is 103 Å². The van der Waals surface area contributed by atoms with Crippen molar-refractivity contribution in [1.82, 2.24) is 0 Å². The van der Waals surface area contributed by atoms with E-state index in [9.17, 15) is 14.5 Å². The largest absolute Gasteiger partial charge is 0.461 e. The van der Waals surface area contributed by atoms with Crippen LogP contribution >= 0.6 is 8.15 Å². The second-order valence-electron chi connectivity index (χ2n) is 4.69. The van der Waals surface area contributed by atoms with Gasteiger partial charge in [0.05, 0.1) is 27.6 Å². The van der Waals surface area contributed by atoms with Crippen molar-refractivity contribution in [2.75, 3.05) is 40.5 Å². The molecule has 0 aliphatic rings. The first kappa shape index (κ1) is 16.2. The van der Waals surface area contributed by atoms with Crippen LogP contribution in [0.4, 0.5) is 0 Å². The van der Waals surface area contributed by atoms with Crippen molar-refractivity contribution in [3.8, 4) is 0 Å². The summed E-state index contributed by atoms with van der Waals surface area (Å²) >= 11 is 0. The molecule has 0 saturated carbocycles. The molecule has 0 heterocycles. The molecule has 0 aliphatic heterocycles. The molecule has 0 radical (unpaired) electrons. The molecule has 0 amide bonds. The van der Waals surface area contributed by atoms with Gasteiger partial charge in [0.2, 0.25) is 5.52 Å². The van der Waals surface area contributed by atoms with E-state index in [1.807, 2.05) is 21.1 Å². The molecule has 0 rings (SSSR count). The Morgan fingerprint density at radius 1 is 1.41 bits per heavy atom. The van der Waals surface area contributed by atoms with Crippen molar-refractivity contribution >= 4 is 19.6 Å². The summed E-state index contributed by atoms with van der Waals surface area (Å²) in [5, 5.41) is 0. The minimum atomic E-state index is -1.73. The molecule has 1 unspecified atom stereocenters. The molecule has 0 bridgehead atoms. The fourth-order valence-electron chi connectivity index (χ4n) is 1.03. The lowest BCUT2D eigenvalue weighted by Crippen LogP contribution is -2.39. The molecular weight excluding hydrogens is 241 g/mol. The van der Waals surface area contributed by atoms with Gasteiger partial charge in [0.25, 0.3) is 0 Å². The maximum absolute atomic E-state index is 11.6. The Kier molecular flexibility index (Phi) is 7.19. The number of nitrogens with zero attached hydrogens (tertiary/aromatic N) is 1. The topological polar surface area (TPSA) is 63.6 Å². The van der Waals surface area contributed by atoms with E-state index in [0.717, 1.165) is 0 Å². The lowest BCUT2D eigenvalue weighted by atomic mass is 10.5. The van der Waals surface area contributed by atoms with E-state index in [4.69, 9.17) is 4.74 Å². The van der Waals surface area contributed by atoms with Crippen LogP contribution in [0.15, 0.2) is 12.7 Å². The third kappa shape index (κ3) is 8.98. The predicted octanol–water partition coefficient (Wildman–Crippen LogP) is 0.728. The first-order valence-electron chi connectivity index (χ1n) is 5.32. The number of carbonyl (C=O) groups is 2. The maximum Gasteiger partial charge on any atom is 0.306 e. The number of quaternary nitrogens is 1. The molecule has 1 N–H and O–H groups in total. The van der Waals surface area contributed by atoms with E-state index in [1.54, 1.807) is 0 Å². The van der Waals surface area contributed by atoms with Crippen molar-refractivity contribution in [1.29, 1.82) is 0 Å². The van der Waals surface area contributed by atoms with Gasteiger partial charge in [0.1, 0.15) is 21.3 Å². The molecule has 0 aromatic rings. The van der Waals surface area contributed by atoms with E-state index in [2.05, 4.69) is 6.58 Å². The molecule has 0 aromatic heterocycles. The summed E-state index contributed by atoms with van der Waals surface area (Å²) in [6.45, 7) is 3.85. The van der Waals surface area contributed by atoms with Crippen LogP contribution in [0.25, 0.3) is 0 Å². The number of rotatable bonds is 8. The van der Waals surface area contributed by atoms with Crippen LogP contribution in [0.2, 0.25) is 0 Å². The highest BCUT2D eigenvalue weighted by Gasteiger charge is 2.23. The first-order valence-corrected chi connectivity index (χ1v) is 6.80. The smallest absolute Gasteiger partial charge is 0.306 e. The molecule has 0 aromatic carbocycles. The Morgan fingerprint density at radius 2 is 2.00 bits per heavy atom. The van der Waals surface area contributed by atoms with Crippen LogP contribution in [-0.4, -0.2) is 61.3 Å². The van der Waals surface area contributed by atoms with Gasteiger partial charge in [-0.2, -0.15) is 0 Å². The molecule has 0 fully saturated rings. The number of ether oxygens (including phenoxy) is 1. The predicted molar refractivity (Wildman–Crippen MR) is 67.7 cm³/mol. The molecule has 6 heteroatoms. The summed E-state index contributed by atoms with van der Waals surface area (Å²) in [6.07, 6.45) is 1.71. The van der Waals surface area contributed by atoms with E-state index < -0.39 is 14.1 Å². The number of carbonyl (C=O) groups excluding carboxylic acids is 2. The SMILES string of the molecule is C=CCOC(=O)CCP(O)C(=O)C[N+](C)(C)C. The summed E-state index contributed by atoms with van der Waals surface area (Å²) in [7, 11) is 3.89. The molecule has 0 saturated heterocycles. The monoisotopic (exact) mass is 262 g/mol. The van der Waals surface area contributed by atoms with E-state index in [-0.39, 0.29) is 31.3 Å². The summed E-state index contributed by atoms with van der Waals surface area (Å²) in [5.41, 5.74) is -0.191. The van der Waals surface area contributed by atoms with Gasteiger partial charge in [-0.3, -0.25) is 9.59 Å². The average Bonchev–Trinajstić information content (AvgIpc) is 2.20. The van der Waals surface area contributed by atoms with Crippen molar-refractivity contribution in [2.45, 2.75) is 6.42 Å². The number of hydrogen-bond donors (Lipinski definition) is 1. The summed E-state index contributed by atoms with van der Waals surface area (Å²) in [4.78, 5) is 32.3. The summed E-state index contributed by atoms with van der Waals surface area (Å²) in [5.74, 6) is -0.413. The molecule has 5 nitrogen and oxygen atoms in total. The average molecular weight is 262 g/mol. The van der Waals surface area contributed by atoms with Gasteiger partial charge < -0.3 is 14.1 Å². The molecule has 17 heavy (non-hydrogen) atoms. The van der Waals surface area contributed by atoms with Crippen LogP contribution in [0.1, 0.15) is 6.42 Å². The van der Waals surface area contributed by atoms with Crippen LogP contribution in [0.3, 0.4) is 0 Å². The number of hydrogen-bond acceptors (Lipinski definition) is 4. The Balaban J connectivity index is 3.93. The van der Waals surface area contributed by atoms with Gasteiger partial charge in [0, 0.05) is 6.16 Å². The van der Waals surface area contributed by atoms with Crippen LogP contribution in [0.5, 0.6) is 0 Å². The second-order valence-corrected chi connectivity index (χ2v) is 6.43. The second kappa shape index (κ2) is 7.54. The lowest BCUT2D eigenvalue weighted by Gasteiger charge is -2.23. The first-order chi connectivity index (χ1) is 7.76. The fourth-order valence-corrected chi connectivity index (χ4v) is 2.26. The van der Waals surface area contributed by atoms with Crippen molar-refractivity contribution in [2.24, 2.45) is 0 Å². The Bertz CT molecular complexity index is 286.